The zero-order valence-electron chi connectivity index (χ0n) is 11.2. The fourth-order valence-corrected chi connectivity index (χ4v) is 2.73. The van der Waals surface area contributed by atoms with E-state index in [1.165, 1.54) is 50.9 Å². The lowest BCUT2D eigenvalue weighted by Gasteiger charge is -2.37. The van der Waals surface area contributed by atoms with Gasteiger partial charge in [-0.2, -0.15) is 5.10 Å². The van der Waals surface area contributed by atoms with Crippen LogP contribution in [0.2, 0.25) is 0 Å². The predicted molar refractivity (Wildman–Crippen MR) is 70.9 cm³/mol. The van der Waals surface area contributed by atoms with Gasteiger partial charge >= 0.3 is 0 Å². The molecule has 0 saturated heterocycles. The summed E-state index contributed by atoms with van der Waals surface area (Å²) in [7, 11) is 2.04. The Bertz CT molecular complexity index is 332. The lowest BCUT2D eigenvalue weighted by atomic mass is 9.71. The average Bonchev–Trinajstić information content (AvgIpc) is 2.69. The summed E-state index contributed by atoms with van der Waals surface area (Å²) in [5.74, 6) is 1.86. The van der Waals surface area contributed by atoms with E-state index in [2.05, 4.69) is 23.4 Å². The van der Waals surface area contributed by atoms with Gasteiger partial charge in [-0.05, 0) is 63.1 Å². The number of hydrogen-bond acceptors (Lipinski definition) is 2. The summed E-state index contributed by atoms with van der Waals surface area (Å²) < 4.78 is 2.00. The largest absolute Gasteiger partial charge is 0.316 e. The van der Waals surface area contributed by atoms with Crippen LogP contribution in [0.3, 0.4) is 0 Å². The van der Waals surface area contributed by atoms with Crippen molar-refractivity contribution in [2.45, 2.75) is 39.0 Å². The Morgan fingerprint density at radius 1 is 1.41 bits per heavy atom. The highest BCUT2D eigenvalue weighted by molar-refractivity contribution is 5.00. The molecule has 0 amide bonds. The average molecular weight is 235 g/mol. The van der Waals surface area contributed by atoms with Gasteiger partial charge in [-0.1, -0.05) is 6.92 Å². The molecule has 1 aliphatic carbocycles. The van der Waals surface area contributed by atoms with E-state index < -0.39 is 0 Å². The maximum atomic E-state index is 4.22. The molecule has 3 nitrogen and oxygen atoms in total. The zero-order valence-corrected chi connectivity index (χ0v) is 11.2. The molecule has 1 fully saturated rings. The fourth-order valence-electron chi connectivity index (χ4n) is 2.73. The first-order valence-corrected chi connectivity index (χ1v) is 6.99. The minimum Gasteiger partial charge on any atom is -0.316 e. The van der Waals surface area contributed by atoms with Gasteiger partial charge in [0.2, 0.25) is 0 Å². The smallest absolute Gasteiger partial charge is 0.0492 e. The van der Waals surface area contributed by atoms with E-state index in [4.69, 9.17) is 0 Å². The number of nitrogens with zero attached hydrogens (tertiary/aromatic N) is 2. The van der Waals surface area contributed by atoms with Crippen LogP contribution in [0, 0.1) is 11.8 Å². The molecule has 2 unspecified atom stereocenters. The monoisotopic (exact) mass is 235 g/mol. The van der Waals surface area contributed by atoms with Crippen LogP contribution in [0.1, 0.15) is 38.3 Å². The van der Waals surface area contributed by atoms with Crippen molar-refractivity contribution >= 4 is 0 Å². The Labute approximate surface area is 105 Å². The number of aromatic nitrogens is 2. The fraction of sp³-hybridized carbons (Fsp3) is 0.786. The molecule has 1 aromatic rings. The third-order valence-corrected chi connectivity index (χ3v) is 4.10. The summed E-state index contributed by atoms with van der Waals surface area (Å²) in [5, 5.41) is 7.78. The van der Waals surface area contributed by atoms with E-state index >= 15 is 0 Å². The topological polar surface area (TPSA) is 29.9 Å². The van der Waals surface area contributed by atoms with Gasteiger partial charge in [-0.25, -0.2) is 0 Å². The van der Waals surface area contributed by atoms with Crippen LogP contribution in [0.4, 0.5) is 0 Å². The lowest BCUT2D eigenvalue weighted by molar-refractivity contribution is 0.160. The predicted octanol–water partition coefficient (Wildman–Crippen LogP) is 2.38. The standard InChI is InChI=1S/C14H25N3/c1-3-9-15-11-13-5-4-12(13)6-7-14-8-10-16-17(14)2/h8,10,12-13,15H,3-7,9,11H2,1-2H3. The van der Waals surface area contributed by atoms with Gasteiger partial charge in [0.15, 0.2) is 0 Å². The van der Waals surface area contributed by atoms with Crippen LogP contribution in [-0.4, -0.2) is 22.9 Å². The Morgan fingerprint density at radius 3 is 2.82 bits per heavy atom. The quantitative estimate of drug-likeness (QED) is 0.735. The van der Waals surface area contributed by atoms with Crippen LogP contribution >= 0.6 is 0 Å². The Balaban J connectivity index is 1.68. The second-order valence-corrected chi connectivity index (χ2v) is 5.29. The SMILES string of the molecule is CCCNCC1CCC1CCc1ccnn1C. The van der Waals surface area contributed by atoms with Crippen LogP contribution < -0.4 is 5.32 Å². The zero-order chi connectivity index (χ0) is 12.1. The molecule has 17 heavy (non-hydrogen) atoms. The maximum absolute atomic E-state index is 4.22. The first-order chi connectivity index (χ1) is 8.31. The molecule has 1 N–H and O–H groups in total. The number of hydrogen-bond donors (Lipinski definition) is 1. The van der Waals surface area contributed by atoms with Gasteiger partial charge < -0.3 is 5.32 Å². The molecule has 0 radical (unpaired) electrons. The highest BCUT2D eigenvalue weighted by Gasteiger charge is 2.29. The Hall–Kier alpha value is -0.830. The summed E-state index contributed by atoms with van der Waals surface area (Å²) in [4.78, 5) is 0. The molecule has 1 aliphatic rings. The minimum absolute atomic E-state index is 0.926. The van der Waals surface area contributed by atoms with Crippen molar-refractivity contribution in [3.63, 3.8) is 0 Å². The molecule has 3 heteroatoms. The van der Waals surface area contributed by atoms with Crippen LogP contribution in [0.5, 0.6) is 0 Å². The molecule has 96 valence electrons. The molecule has 0 aromatic carbocycles. The van der Waals surface area contributed by atoms with E-state index in [-0.39, 0.29) is 0 Å². The lowest BCUT2D eigenvalue weighted by Crippen LogP contribution is -2.35. The van der Waals surface area contributed by atoms with Gasteiger partial charge in [-0.15, -0.1) is 0 Å². The van der Waals surface area contributed by atoms with Crippen LogP contribution in [0.25, 0.3) is 0 Å². The minimum atomic E-state index is 0.926. The molecule has 0 spiro atoms. The van der Waals surface area contributed by atoms with Crippen molar-refractivity contribution in [3.8, 4) is 0 Å². The third-order valence-electron chi connectivity index (χ3n) is 4.10. The normalized spacial score (nSPS) is 23.6. The van der Waals surface area contributed by atoms with Gasteiger partial charge in [0.05, 0.1) is 0 Å². The molecule has 1 saturated carbocycles. The molecular weight excluding hydrogens is 210 g/mol. The van der Waals surface area contributed by atoms with Crippen molar-refractivity contribution in [3.05, 3.63) is 18.0 Å². The van der Waals surface area contributed by atoms with Crippen molar-refractivity contribution in [2.24, 2.45) is 18.9 Å². The van der Waals surface area contributed by atoms with Gasteiger partial charge in [-0.3, -0.25) is 4.68 Å². The number of aryl methyl sites for hydroxylation is 2. The Kier molecular flexibility index (Phi) is 4.60. The molecule has 1 heterocycles. The molecule has 2 rings (SSSR count). The van der Waals surface area contributed by atoms with Crippen molar-refractivity contribution in [1.29, 1.82) is 0 Å². The third kappa shape index (κ3) is 3.32. The summed E-state index contributed by atoms with van der Waals surface area (Å²) in [5.41, 5.74) is 1.37. The molecule has 1 aromatic heterocycles. The van der Waals surface area contributed by atoms with Gasteiger partial charge in [0, 0.05) is 18.9 Å². The van der Waals surface area contributed by atoms with Crippen molar-refractivity contribution in [2.75, 3.05) is 13.1 Å². The second kappa shape index (κ2) is 6.20. The molecule has 0 bridgehead atoms. The summed E-state index contributed by atoms with van der Waals surface area (Å²) >= 11 is 0. The van der Waals surface area contributed by atoms with E-state index in [1.54, 1.807) is 0 Å². The first kappa shape index (κ1) is 12.6. The van der Waals surface area contributed by atoms with E-state index in [0.29, 0.717) is 0 Å². The van der Waals surface area contributed by atoms with Crippen LogP contribution in [0.15, 0.2) is 12.3 Å². The molecular formula is C14H25N3. The van der Waals surface area contributed by atoms with E-state index in [1.807, 2.05) is 17.9 Å². The Morgan fingerprint density at radius 2 is 2.24 bits per heavy atom. The van der Waals surface area contributed by atoms with Crippen molar-refractivity contribution in [1.82, 2.24) is 15.1 Å². The number of nitrogens with one attached hydrogen (secondary N) is 1. The number of rotatable bonds is 7. The molecule has 2 atom stereocenters. The highest BCUT2D eigenvalue weighted by Crippen LogP contribution is 2.36. The second-order valence-electron chi connectivity index (χ2n) is 5.29. The van der Waals surface area contributed by atoms with E-state index in [9.17, 15) is 0 Å². The van der Waals surface area contributed by atoms with E-state index in [0.717, 1.165) is 11.8 Å². The van der Waals surface area contributed by atoms with Crippen LogP contribution in [-0.2, 0) is 13.5 Å². The first-order valence-electron chi connectivity index (χ1n) is 6.99. The molecule has 0 aliphatic heterocycles. The maximum Gasteiger partial charge on any atom is 0.0492 e. The van der Waals surface area contributed by atoms with Crippen molar-refractivity contribution < 1.29 is 0 Å². The summed E-state index contributed by atoms with van der Waals surface area (Å²) in [6, 6.07) is 2.14. The summed E-state index contributed by atoms with van der Waals surface area (Å²) in [6.07, 6.45) is 8.51. The highest BCUT2D eigenvalue weighted by atomic mass is 15.2. The van der Waals surface area contributed by atoms with Gasteiger partial charge in [0.25, 0.3) is 0 Å². The van der Waals surface area contributed by atoms with Gasteiger partial charge in [0.1, 0.15) is 0 Å². The summed E-state index contributed by atoms with van der Waals surface area (Å²) in [6.45, 7) is 4.63.